The molecule has 3 atom stereocenters. The van der Waals surface area contributed by atoms with Crippen LogP contribution in [-0.4, -0.2) is 46.9 Å². The molecule has 3 aliphatic rings. The third kappa shape index (κ3) is 3.63. The number of hydrogen-bond donors (Lipinski definition) is 2. The van der Waals surface area contributed by atoms with Gasteiger partial charge in [0.1, 0.15) is 11.9 Å². The van der Waals surface area contributed by atoms with Crippen LogP contribution in [0.25, 0.3) is 11.1 Å². The van der Waals surface area contributed by atoms with E-state index in [9.17, 15) is 15.0 Å². The Kier molecular flexibility index (Phi) is 5.26. The molecule has 3 aliphatic heterocycles. The number of aromatic hydroxyl groups is 2. The van der Waals surface area contributed by atoms with Crippen molar-refractivity contribution in [3.63, 3.8) is 0 Å². The molecule has 2 fully saturated rings. The van der Waals surface area contributed by atoms with E-state index >= 15 is 0 Å². The van der Waals surface area contributed by atoms with E-state index in [0.717, 1.165) is 36.9 Å². The first-order valence-electron chi connectivity index (χ1n) is 11.2. The Morgan fingerprint density at radius 2 is 1.97 bits per heavy atom. The van der Waals surface area contributed by atoms with Crippen molar-refractivity contribution < 1.29 is 24.5 Å². The first kappa shape index (κ1) is 20.2. The van der Waals surface area contributed by atoms with Gasteiger partial charge in [0.25, 0.3) is 0 Å². The summed E-state index contributed by atoms with van der Waals surface area (Å²) in [5.74, 6) is 0.360. The molecule has 5 rings (SSSR count). The second-order valence-electron chi connectivity index (χ2n) is 8.92. The maximum absolute atomic E-state index is 12.6. The molecule has 6 nitrogen and oxygen atoms in total. The van der Waals surface area contributed by atoms with Crippen molar-refractivity contribution in [3.8, 4) is 28.4 Å². The van der Waals surface area contributed by atoms with Crippen LogP contribution in [-0.2, 0) is 16.0 Å². The van der Waals surface area contributed by atoms with Gasteiger partial charge in [-0.05, 0) is 55.1 Å². The zero-order chi connectivity index (χ0) is 21.5. The first-order valence-corrected chi connectivity index (χ1v) is 11.2. The topological polar surface area (TPSA) is 79.2 Å². The summed E-state index contributed by atoms with van der Waals surface area (Å²) in [7, 11) is 1.53. The van der Waals surface area contributed by atoms with Crippen molar-refractivity contribution in [1.82, 2.24) is 4.90 Å². The summed E-state index contributed by atoms with van der Waals surface area (Å²) in [6, 6.07) is 9.45. The van der Waals surface area contributed by atoms with Gasteiger partial charge in [-0.1, -0.05) is 18.6 Å². The van der Waals surface area contributed by atoms with Gasteiger partial charge in [0.2, 0.25) is 0 Å². The number of piperidine rings is 2. The molecule has 0 aliphatic carbocycles. The minimum atomic E-state index is -0.166. The Morgan fingerprint density at radius 3 is 2.81 bits per heavy atom. The van der Waals surface area contributed by atoms with Crippen LogP contribution in [0.15, 0.2) is 30.3 Å². The molecular formula is C25H29NO5. The molecule has 0 amide bonds. The van der Waals surface area contributed by atoms with Gasteiger partial charge in [-0.2, -0.15) is 0 Å². The molecule has 31 heavy (non-hydrogen) atoms. The van der Waals surface area contributed by atoms with Crippen molar-refractivity contribution >= 4 is 5.97 Å². The van der Waals surface area contributed by atoms with Crippen LogP contribution in [0, 0.1) is 0 Å². The molecule has 2 saturated heterocycles. The van der Waals surface area contributed by atoms with Crippen LogP contribution >= 0.6 is 0 Å². The van der Waals surface area contributed by atoms with Gasteiger partial charge in [0.05, 0.1) is 7.11 Å². The summed E-state index contributed by atoms with van der Waals surface area (Å²) in [6.45, 7) is 0.980. The molecule has 2 aromatic carbocycles. The summed E-state index contributed by atoms with van der Waals surface area (Å²) < 4.78 is 11.3. The van der Waals surface area contributed by atoms with Crippen molar-refractivity contribution in [3.05, 3.63) is 41.5 Å². The van der Waals surface area contributed by atoms with E-state index in [1.165, 1.54) is 13.5 Å². The Balaban J connectivity index is 1.73. The van der Waals surface area contributed by atoms with E-state index in [4.69, 9.17) is 9.47 Å². The highest BCUT2D eigenvalue weighted by molar-refractivity contribution is 5.82. The lowest BCUT2D eigenvalue weighted by Crippen LogP contribution is -2.49. The van der Waals surface area contributed by atoms with E-state index in [1.807, 2.05) is 18.2 Å². The number of aryl methyl sites for hydroxylation is 1. The predicted molar refractivity (Wildman–Crippen MR) is 116 cm³/mol. The fraction of sp³-hybridized carbons (Fsp3) is 0.480. The third-order valence-corrected chi connectivity index (χ3v) is 7.09. The Labute approximate surface area is 182 Å². The van der Waals surface area contributed by atoms with Crippen LogP contribution in [0.2, 0.25) is 0 Å². The highest BCUT2D eigenvalue weighted by Crippen LogP contribution is 2.49. The maximum Gasteiger partial charge on any atom is 0.306 e. The number of nitrogens with zero attached hydrogens (tertiary/aromatic N) is 1. The molecule has 0 saturated carbocycles. The molecule has 0 spiro atoms. The van der Waals surface area contributed by atoms with Crippen molar-refractivity contribution in [2.24, 2.45) is 0 Å². The number of rotatable bonds is 1. The smallest absolute Gasteiger partial charge is 0.306 e. The summed E-state index contributed by atoms with van der Waals surface area (Å²) in [4.78, 5) is 15.1. The molecular weight excluding hydrogens is 394 g/mol. The minimum absolute atomic E-state index is 0.00820. The molecule has 2 aromatic rings. The van der Waals surface area contributed by atoms with Gasteiger partial charge < -0.3 is 19.7 Å². The molecule has 0 aromatic heterocycles. The molecule has 4 bridgehead atoms. The normalized spacial score (nSPS) is 26.0. The molecule has 3 unspecified atom stereocenters. The van der Waals surface area contributed by atoms with E-state index in [1.54, 1.807) is 12.1 Å². The van der Waals surface area contributed by atoms with Crippen molar-refractivity contribution in [2.75, 3.05) is 13.7 Å². The Hall–Kier alpha value is -2.73. The summed E-state index contributed by atoms with van der Waals surface area (Å²) in [5, 5.41) is 21.9. The first-order chi connectivity index (χ1) is 15.0. The van der Waals surface area contributed by atoms with Crippen LogP contribution in [0.1, 0.15) is 55.7 Å². The highest BCUT2D eigenvalue weighted by atomic mass is 16.5. The predicted octanol–water partition coefficient (Wildman–Crippen LogP) is 4.32. The second kappa shape index (κ2) is 8.08. The SMILES string of the molecule is COc1ccc2c(c1O)-c1cc(ccc1O)CCC(=O)OC1CC3CCCCN3C2C1. The van der Waals surface area contributed by atoms with Crippen LogP contribution in [0.5, 0.6) is 17.2 Å². The number of carbonyl (C=O) groups excluding carboxylic acids is 1. The number of fused-ring (bicyclic) bond motifs is 9. The van der Waals surface area contributed by atoms with E-state index in [0.29, 0.717) is 42.2 Å². The van der Waals surface area contributed by atoms with Gasteiger partial charge in [0.15, 0.2) is 11.5 Å². The summed E-state index contributed by atoms with van der Waals surface area (Å²) in [6.07, 6.45) is 5.63. The zero-order valence-electron chi connectivity index (χ0n) is 17.8. The number of phenols is 2. The second-order valence-corrected chi connectivity index (χ2v) is 8.92. The number of ether oxygens (including phenoxy) is 2. The van der Waals surface area contributed by atoms with Crippen LogP contribution < -0.4 is 4.74 Å². The number of carbonyl (C=O) groups is 1. The largest absolute Gasteiger partial charge is 0.507 e. The standard InChI is InChI=1S/C25H29NO5/c1-30-22-9-7-18-20-14-17(13-16-4-2-3-11-26(16)20)31-23(28)10-6-15-5-8-21(27)19(12-15)24(18)25(22)29/h5,7-9,12,16-17,20,27,29H,2-4,6,10-11,13-14H2,1H3. The quantitative estimate of drug-likeness (QED) is 0.665. The lowest BCUT2D eigenvalue weighted by molar-refractivity contribution is -0.154. The molecule has 164 valence electrons. The van der Waals surface area contributed by atoms with E-state index < -0.39 is 0 Å². The molecule has 2 N–H and O–H groups in total. The fourth-order valence-electron chi connectivity index (χ4n) is 5.62. The van der Waals surface area contributed by atoms with Crippen LogP contribution in [0.4, 0.5) is 0 Å². The van der Waals surface area contributed by atoms with E-state index in [-0.39, 0.29) is 29.6 Å². The highest BCUT2D eigenvalue weighted by Gasteiger charge is 2.40. The number of phenolic OH excluding ortho intramolecular Hbond substituents is 2. The number of esters is 1. The zero-order valence-corrected chi connectivity index (χ0v) is 17.8. The lowest BCUT2D eigenvalue weighted by atomic mass is 9.81. The van der Waals surface area contributed by atoms with Gasteiger partial charge in [-0.25, -0.2) is 0 Å². The lowest BCUT2D eigenvalue weighted by Gasteiger charge is -2.48. The number of benzene rings is 2. The van der Waals surface area contributed by atoms with Crippen molar-refractivity contribution in [2.45, 2.75) is 63.1 Å². The molecule has 0 radical (unpaired) electrons. The summed E-state index contributed by atoms with van der Waals surface area (Å²) in [5.41, 5.74) is 3.05. The van der Waals surface area contributed by atoms with Gasteiger partial charge in [-0.3, -0.25) is 9.69 Å². The Morgan fingerprint density at radius 1 is 1.10 bits per heavy atom. The average molecular weight is 424 g/mol. The minimum Gasteiger partial charge on any atom is -0.507 e. The maximum atomic E-state index is 12.6. The van der Waals surface area contributed by atoms with Crippen molar-refractivity contribution in [1.29, 1.82) is 0 Å². The number of hydrogen-bond acceptors (Lipinski definition) is 6. The van der Waals surface area contributed by atoms with Gasteiger partial charge in [-0.15, -0.1) is 0 Å². The van der Waals surface area contributed by atoms with E-state index in [2.05, 4.69) is 4.90 Å². The molecule has 3 heterocycles. The summed E-state index contributed by atoms with van der Waals surface area (Å²) >= 11 is 0. The third-order valence-electron chi connectivity index (χ3n) is 7.09. The monoisotopic (exact) mass is 423 g/mol. The fourth-order valence-corrected chi connectivity index (χ4v) is 5.62. The number of methoxy groups -OCH3 is 1. The Bertz CT molecular complexity index is 1000. The average Bonchev–Trinajstić information content (AvgIpc) is 2.77. The van der Waals surface area contributed by atoms with Crippen LogP contribution in [0.3, 0.4) is 0 Å². The van der Waals surface area contributed by atoms with Gasteiger partial charge in [0, 0.05) is 42.5 Å². The molecule has 6 heteroatoms. The van der Waals surface area contributed by atoms with Gasteiger partial charge >= 0.3 is 5.97 Å².